The number of carbonyl (C=O) groups excluding carboxylic acids is 1. The number of fused-ring (bicyclic) bond motifs is 2. The molecule has 5 heteroatoms. The van der Waals surface area contributed by atoms with Crippen molar-refractivity contribution in [2.45, 2.75) is 76.3 Å². The van der Waals surface area contributed by atoms with Gasteiger partial charge in [0, 0.05) is 50.1 Å². The van der Waals surface area contributed by atoms with Crippen molar-refractivity contribution >= 4 is 11.6 Å². The number of piperazine rings is 1. The summed E-state index contributed by atoms with van der Waals surface area (Å²) in [5.41, 5.74) is 0. The van der Waals surface area contributed by atoms with Gasteiger partial charge >= 0.3 is 0 Å². The lowest BCUT2D eigenvalue weighted by Crippen LogP contribution is -2.52. The number of nitrogens with zero attached hydrogens (tertiary/aromatic N) is 4. The molecule has 2 atom stereocenters. The molecule has 2 bridgehead atoms. The molecule has 0 amide bonds. The van der Waals surface area contributed by atoms with Gasteiger partial charge in [-0.1, -0.05) is 6.92 Å². The summed E-state index contributed by atoms with van der Waals surface area (Å²) in [4.78, 5) is 26.4. The fraction of sp³-hybridized carbons (Fsp3) is 0.762. The minimum atomic E-state index is 0.414. The fourth-order valence-electron chi connectivity index (χ4n) is 5.28. The average Bonchev–Trinajstić information content (AvgIpc) is 2.93. The summed E-state index contributed by atoms with van der Waals surface area (Å²) in [7, 11) is 2.23. The highest BCUT2D eigenvalue weighted by molar-refractivity contribution is 5.78. The van der Waals surface area contributed by atoms with Crippen molar-refractivity contribution in [2.24, 2.45) is 5.92 Å². The number of rotatable bonds is 5. The summed E-state index contributed by atoms with van der Waals surface area (Å²) < 4.78 is 0. The normalized spacial score (nSPS) is 32.0. The summed E-state index contributed by atoms with van der Waals surface area (Å²) in [6.07, 6.45) is 10.5. The number of likely N-dealkylation sites (N-methyl/N-ethyl adjacent to an activating group) is 1. The molecule has 3 heterocycles. The topological polar surface area (TPSA) is 49.3 Å². The van der Waals surface area contributed by atoms with E-state index < -0.39 is 0 Å². The van der Waals surface area contributed by atoms with Gasteiger partial charge in [-0.05, 0) is 57.6 Å². The molecule has 0 spiro atoms. The van der Waals surface area contributed by atoms with Crippen molar-refractivity contribution in [1.82, 2.24) is 14.9 Å². The van der Waals surface area contributed by atoms with Gasteiger partial charge in [0.05, 0.1) is 0 Å². The quantitative estimate of drug-likeness (QED) is 0.809. The van der Waals surface area contributed by atoms with Gasteiger partial charge in [-0.3, -0.25) is 4.79 Å². The Kier molecular flexibility index (Phi) is 5.25. The van der Waals surface area contributed by atoms with Crippen LogP contribution in [0.15, 0.2) is 12.3 Å². The zero-order valence-corrected chi connectivity index (χ0v) is 16.2. The molecule has 1 aromatic heterocycles. The molecule has 3 fully saturated rings. The average molecular weight is 357 g/mol. The van der Waals surface area contributed by atoms with Crippen molar-refractivity contribution in [2.75, 3.05) is 25.0 Å². The first-order valence-electron chi connectivity index (χ1n) is 10.5. The molecule has 5 nitrogen and oxygen atoms in total. The van der Waals surface area contributed by atoms with Crippen LogP contribution in [0.2, 0.25) is 0 Å². The number of hydrogen-bond acceptors (Lipinski definition) is 5. The molecule has 1 aliphatic carbocycles. The molecule has 26 heavy (non-hydrogen) atoms. The van der Waals surface area contributed by atoms with Crippen LogP contribution in [0.4, 0.5) is 5.82 Å². The van der Waals surface area contributed by atoms with E-state index >= 15 is 0 Å². The van der Waals surface area contributed by atoms with Crippen molar-refractivity contribution < 1.29 is 4.79 Å². The molecule has 1 aromatic rings. The van der Waals surface area contributed by atoms with Crippen molar-refractivity contribution in [3.63, 3.8) is 0 Å². The highest BCUT2D eigenvalue weighted by Gasteiger charge is 2.39. The molecule has 2 saturated heterocycles. The van der Waals surface area contributed by atoms with E-state index in [1.807, 2.05) is 13.1 Å². The molecule has 142 valence electrons. The van der Waals surface area contributed by atoms with Crippen LogP contribution in [0.1, 0.15) is 70.0 Å². The van der Waals surface area contributed by atoms with Crippen LogP contribution in [0.3, 0.4) is 0 Å². The molecule has 0 N–H and O–H groups in total. The third kappa shape index (κ3) is 3.64. The monoisotopic (exact) mass is 356 g/mol. The summed E-state index contributed by atoms with van der Waals surface area (Å²) >= 11 is 0. The number of anilines is 1. The van der Waals surface area contributed by atoms with E-state index in [0.29, 0.717) is 36.1 Å². The van der Waals surface area contributed by atoms with Crippen LogP contribution in [0.5, 0.6) is 0 Å². The van der Waals surface area contributed by atoms with Gasteiger partial charge in [-0.25, -0.2) is 9.97 Å². The molecule has 0 aromatic carbocycles. The Morgan fingerprint density at radius 1 is 1.12 bits per heavy atom. The Morgan fingerprint density at radius 2 is 1.81 bits per heavy atom. The molecular weight excluding hydrogens is 324 g/mol. The van der Waals surface area contributed by atoms with Crippen molar-refractivity contribution in [3.8, 4) is 0 Å². The van der Waals surface area contributed by atoms with E-state index in [0.717, 1.165) is 56.8 Å². The summed E-state index contributed by atoms with van der Waals surface area (Å²) in [6.45, 7) is 4.26. The van der Waals surface area contributed by atoms with Crippen LogP contribution in [0, 0.1) is 5.92 Å². The minimum Gasteiger partial charge on any atom is -0.348 e. The highest BCUT2D eigenvalue weighted by atomic mass is 16.1. The SMILES string of the molecule is CCC(=O)CC1CCC(c2nccc(N3C4CCC3CN(C)C4)n2)CC1. The van der Waals surface area contributed by atoms with Crippen LogP contribution >= 0.6 is 0 Å². The maximum atomic E-state index is 11.7. The van der Waals surface area contributed by atoms with Gasteiger partial charge in [0.15, 0.2) is 0 Å². The lowest BCUT2D eigenvalue weighted by atomic mass is 9.79. The molecule has 2 aliphatic heterocycles. The van der Waals surface area contributed by atoms with E-state index in [2.05, 4.69) is 27.9 Å². The van der Waals surface area contributed by atoms with E-state index in [4.69, 9.17) is 4.98 Å². The molecule has 2 unspecified atom stereocenters. The predicted octanol–water partition coefficient (Wildman–Crippen LogP) is 3.40. The number of ketones is 1. The van der Waals surface area contributed by atoms with Gasteiger partial charge in [0.25, 0.3) is 0 Å². The summed E-state index contributed by atoms with van der Waals surface area (Å²) in [5, 5.41) is 0. The third-order valence-corrected chi connectivity index (χ3v) is 6.71. The zero-order valence-electron chi connectivity index (χ0n) is 16.2. The lowest BCUT2D eigenvalue weighted by molar-refractivity contribution is -0.119. The molecule has 1 saturated carbocycles. The summed E-state index contributed by atoms with van der Waals surface area (Å²) in [6, 6.07) is 3.32. The Balaban J connectivity index is 1.42. The second kappa shape index (κ2) is 7.63. The molecular formula is C21H32N4O. The second-order valence-corrected chi connectivity index (χ2v) is 8.60. The first-order valence-corrected chi connectivity index (χ1v) is 10.5. The smallest absolute Gasteiger partial charge is 0.133 e. The van der Waals surface area contributed by atoms with E-state index in [9.17, 15) is 4.79 Å². The van der Waals surface area contributed by atoms with E-state index in [1.165, 1.54) is 12.8 Å². The van der Waals surface area contributed by atoms with Crippen LogP contribution < -0.4 is 4.90 Å². The number of aromatic nitrogens is 2. The second-order valence-electron chi connectivity index (χ2n) is 8.60. The van der Waals surface area contributed by atoms with Crippen LogP contribution in [-0.2, 0) is 4.79 Å². The van der Waals surface area contributed by atoms with Gasteiger partial charge in [-0.15, -0.1) is 0 Å². The Morgan fingerprint density at radius 3 is 2.46 bits per heavy atom. The maximum absolute atomic E-state index is 11.7. The molecule has 4 rings (SSSR count). The predicted molar refractivity (Wildman–Crippen MR) is 103 cm³/mol. The minimum absolute atomic E-state index is 0.414. The Labute approximate surface area is 157 Å². The van der Waals surface area contributed by atoms with Gasteiger partial charge in [-0.2, -0.15) is 0 Å². The Hall–Kier alpha value is -1.49. The number of hydrogen-bond donors (Lipinski definition) is 0. The first-order chi connectivity index (χ1) is 12.6. The zero-order chi connectivity index (χ0) is 18.1. The van der Waals surface area contributed by atoms with Crippen molar-refractivity contribution in [1.29, 1.82) is 0 Å². The van der Waals surface area contributed by atoms with Gasteiger partial charge in [0.1, 0.15) is 17.4 Å². The Bertz CT molecular complexity index is 627. The van der Waals surface area contributed by atoms with Crippen LogP contribution in [-0.4, -0.2) is 52.9 Å². The van der Waals surface area contributed by atoms with E-state index in [1.54, 1.807) is 0 Å². The number of likely N-dealkylation sites (tertiary alicyclic amines) is 1. The van der Waals surface area contributed by atoms with Gasteiger partial charge in [0.2, 0.25) is 0 Å². The first kappa shape index (κ1) is 17.9. The number of Topliss-reactive ketones (excluding diaryl/α,β-unsaturated/α-hetero) is 1. The fourth-order valence-corrected chi connectivity index (χ4v) is 5.28. The number of carbonyl (C=O) groups is 1. The van der Waals surface area contributed by atoms with E-state index in [-0.39, 0.29) is 0 Å². The van der Waals surface area contributed by atoms with Crippen molar-refractivity contribution in [3.05, 3.63) is 18.1 Å². The molecule has 3 aliphatic rings. The maximum Gasteiger partial charge on any atom is 0.133 e. The lowest BCUT2D eigenvalue weighted by Gasteiger charge is -2.40. The molecule has 0 radical (unpaired) electrons. The standard InChI is InChI=1S/C21H32N4O/c1-3-19(26)12-15-4-6-16(7-5-15)21-22-11-10-20(23-21)25-17-8-9-18(25)14-24(2)13-17/h10-11,15-18H,3-9,12-14H2,1-2H3. The third-order valence-electron chi connectivity index (χ3n) is 6.71. The van der Waals surface area contributed by atoms with Crippen LogP contribution in [0.25, 0.3) is 0 Å². The van der Waals surface area contributed by atoms with Gasteiger partial charge < -0.3 is 9.80 Å². The largest absolute Gasteiger partial charge is 0.348 e. The summed E-state index contributed by atoms with van der Waals surface area (Å²) in [5.74, 6) is 3.63. The highest BCUT2D eigenvalue weighted by Crippen LogP contribution is 2.38.